The largest absolute Gasteiger partial charge is 0.266 e. The normalized spacial score (nSPS) is 15.2. The zero-order valence-corrected chi connectivity index (χ0v) is 16.6. The third-order valence-electron chi connectivity index (χ3n) is 4.54. The van der Waals surface area contributed by atoms with E-state index in [1.807, 2.05) is 12.1 Å². The summed E-state index contributed by atoms with van der Waals surface area (Å²) in [5, 5.41) is 5.15. The molecule has 1 aliphatic heterocycles. The van der Waals surface area contributed by atoms with Gasteiger partial charge in [-0.25, -0.2) is 22.0 Å². The second-order valence-electron chi connectivity index (χ2n) is 7.44. The Balaban J connectivity index is 1.98. The van der Waals surface area contributed by atoms with Crippen molar-refractivity contribution in [2.75, 3.05) is 10.8 Å². The van der Waals surface area contributed by atoms with E-state index in [1.165, 1.54) is 22.5 Å². The molecule has 2 aromatic rings. The van der Waals surface area contributed by atoms with Gasteiger partial charge in [0.25, 0.3) is 10.0 Å². The molecule has 140 valence electrons. The number of hydrogen-bond donors (Lipinski definition) is 1. The van der Waals surface area contributed by atoms with Crippen LogP contribution in [0.5, 0.6) is 0 Å². The summed E-state index contributed by atoms with van der Waals surface area (Å²) in [6.07, 6.45) is 0.442. The quantitative estimate of drug-likeness (QED) is 0.864. The lowest BCUT2D eigenvalue weighted by atomic mass is 9.87. The first kappa shape index (κ1) is 18.9. The first-order valence-corrected chi connectivity index (χ1v) is 11.2. The van der Waals surface area contributed by atoms with Crippen molar-refractivity contribution in [3.05, 3.63) is 53.6 Å². The molecule has 3 rings (SSSR count). The Morgan fingerprint density at radius 1 is 0.923 bits per heavy atom. The Labute approximate surface area is 154 Å². The van der Waals surface area contributed by atoms with Crippen LogP contribution in [0.25, 0.3) is 0 Å². The third-order valence-corrected chi connectivity index (χ3v) is 7.28. The van der Waals surface area contributed by atoms with E-state index >= 15 is 0 Å². The van der Waals surface area contributed by atoms with Crippen molar-refractivity contribution < 1.29 is 16.8 Å². The fourth-order valence-electron chi connectivity index (χ4n) is 3.03. The number of benzene rings is 2. The lowest BCUT2D eigenvalue weighted by Gasteiger charge is -2.22. The van der Waals surface area contributed by atoms with E-state index in [2.05, 4.69) is 20.8 Å². The zero-order valence-electron chi connectivity index (χ0n) is 14.9. The molecule has 0 aromatic heterocycles. The molecule has 8 heteroatoms. The fraction of sp³-hybridized carbons (Fsp3) is 0.333. The molecule has 26 heavy (non-hydrogen) atoms. The molecule has 0 unspecified atom stereocenters. The summed E-state index contributed by atoms with van der Waals surface area (Å²) in [7, 11) is -7.53. The number of hydrogen-bond acceptors (Lipinski definition) is 4. The molecule has 0 aliphatic carbocycles. The average molecular weight is 395 g/mol. The van der Waals surface area contributed by atoms with E-state index in [0.717, 1.165) is 5.56 Å². The van der Waals surface area contributed by atoms with Crippen LogP contribution in [0.3, 0.4) is 0 Å². The number of fused-ring (bicyclic) bond motifs is 1. The van der Waals surface area contributed by atoms with Crippen LogP contribution < -0.4 is 9.44 Å². The molecular formula is C18H22N2O4S2. The monoisotopic (exact) mass is 394 g/mol. The summed E-state index contributed by atoms with van der Waals surface area (Å²) in [5.74, 6) is 0. The van der Waals surface area contributed by atoms with Crippen LogP contribution in [-0.2, 0) is 31.9 Å². The zero-order chi connectivity index (χ0) is 19.3. The van der Waals surface area contributed by atoms with Gasteiger partial charge in [-0.3, -0.25) is 4.31 Å². The van der Waals surface area contributed by atoms with Crippen LogP contribution >= 0.6 is 0 Å². The van der Waals surface area contributed by atoms with Gasteiger partial charge in [0.05, 0.1) is 15.5 Å². The van der Waals surface area contributed by atoms with Gasteiger partial charge in [0.15, 0.2) is 0 Å². The van der Waals surface area contributed by atoms with Gasteiger partial charge in [-0.05, 0) is 53.3 Å². The highest BCUT2D eigenvalue weighted by molar-refractivity contribution is 7.92. The van der Waals surface area contributed by atoms with E-state index in [4.69, 9.17) is 5.14 Å². The highest BCUT2D eigenvalue weighted by Crippen LogP contribution is 2.34. The Bertz CT molecular complexity index is 1050. The lowest BCUT2D eigenvalue weighted by Crippen LogP contribution is -2.29. The molecular weight excluding hydrogens is 372 g/mol. The van der Waals surface area contributed by atoms with Gasteiger partial charge in [0.2, 0.25) is 10.0 Å². The Kier molecular flexibility index (Phi) is 4.41. The van der Waals surface area contributed by atoms with Crippen LogP contribution in [0.1, 0.15) is 31.9 Å². The molecule has 0 atom stereocenters. The minimum Gasteiger partial charge on any atom is -0.266 e. The smallest absolute Gasteiger partial charge is 0.264 e. The number of nitrogens with zero attached hydrogens (tertiary/aromatic N) is 1. The van der Waals surface area contributed by atoms with Crippen LogP contribution in [0.15, 0.2) is 52.3 Å². The van der Waals surface area contributed by atoms with Crippen molar-refractivity contribution in [2.45, 2.75) is 42.4 Å². The van der Waals surface area contributed by atoms with Crippen molar-refractivity contribution in [2.24, 2.45) is 5.14 Å². The maximum Gasteiger partial charge on any atom is 0.264 e. The van der Waals surface area contributed by atoms with Crippen molar-refractivity contribution >= 4 is 25.7 Å². The standard InChI is InChI=1S/C18H22N2O4S2/c1-18(2,3)14-4-6-15(7-5-14)26(23,24)20-11-10-13-12-16(25(19,21)22)8-9-17(13)20/h4-9,12H,10-11H2,1-3H3,(H2,19,21,22). The molecule has 2 N–H and O–H groups in total. The first-order chi connectivity index (χ1) is 11.9. The maximum atomic E-state index is 13.0. The van der Waals surface area contributed by atoms with Crippen molar-refractivity contribution in [3.8, 4) is 0 Å². The predicted molar refractivity (Wildman–Crippen MR) is 101 cm³/mol. The Morgan fingerprint density at radius 3 is 2.04 bits per heavy atom. The molecule has 0 radical (unpaired) electrons. The van der Waals surface area contributed by atoms with Crippen molar-refractivity contribution in [1.82, 2.24) is 0 Å². The van der Waals surface area contributed by atoms with Crippen molar-refractivity contribution in [3.63, 3.8) is 0 Å². The predicted octanol–water partition coefficient (Wildman–Crippen LogP) is 2.38. The molecule has 1 aliphatic rings. The second kappa shape index (κ2) is 6.07. The molecule has 0 amide bonds. The molecule has 0 saturated carbocycles. The van der Waals surface area contributed by atoms with E-state index < -0.39 is 20.0 Å². The summed E-state index contributed by atoms with van der Waals surface area (Å²) in [4.78, 5) is 0.207. The molecule has 0 saturated heterocycles. The van der Waals surface area contributed by atoms with E-state index in [-0.39, 0.29) is 21.8 Å². The molecule has 6 nitrogen and oxygen atoms in total. The first-order valence-electron chi connectivity index (χ1n) is 8.20. The Morgan fingerprint density at radius 2 is 1.50 bits per heavy atom. The van der Waals surface area contributed by atoms with Gasteiger partial charge in [-0.2, -0.15) is 0 Å². The van der Waals surface area contributed by atoms with Crippen LogP contribution in [-0.4, -0.2) is 23.4 Å². The summed E-state index contributed by atoms with van der Waals surface area (Å²) in [5.41, 5.74) is 2.15. The molecule has 1 heterocycles. The highest BCUT2D eigenvalue weighted by atomic mass is 32.2. The minimum atomic E-state index is -3.82. The number of sulfonamides is 2. The SMILES string of the molecule is CC(C)(C)c1ccc(S(=O)(=O)N2CCc3cc(S(N)(=O)=O)ccc32)cc1. The van der Waals surface area contributed by atoms with Gasteiger partial charge in [0.1, 0.15) is 0 Å². The van der Waals surface area contributed by atoms with Crippen LogP contribution in [0, 0.1) is 0 Å². The highest BCUT2D eigenvalue weighted by Gasteiger charge is 2.31. The number of nitrogens with two attached hydrogens (primary N) is 1. The summed E-state index contributed by atoms with van der Waals surface area (Å²) in [6, 6.07) is 11.2. The maximum absolute atomic E-state index is 13.0. The molecule has 2 aromatic carbocycles. The number of primary sulfonamides is 1. The van der Waals surface area contributed by atoms with E-state index in [0.29, 0.717) is 17.7 Å². The lowest BCUT2D eigenvalue weighted by molar-refractivity contribution is 0.585. The van der Waals surface area contributed by atoms with Gasteiger partial charge in [-0.15, -0.1) is 0 Å². The van der Waals surface area contributed by atoms with E-state index in [9.17, 15) is 16.8 Å². The van der Waals surface area contributed by atoms with Gasteiger partial charge in [-0.1, -0.05) is 32.9 Å². The Hall–Kier alpha value is -1.90. The average Bonchev–Trinajstić information content (AvgIpc) is 2.97. The summed E-state index contributed by atoms with van der Waals surface area (Å²) in [6.45, 7) is 6.47. The molecule has 0 bridgehead atoms. The van der Waals surface area contributed by atoms with Crippen molar-refractivity contribution in [1.29, 1.82) is 0 Å². The van der Waals surface area contributed by atoms with Crippen LogP contribution in [0.4, 0.5) is 5.69 Å². The number of anilines is 1. The molecule has 0 spiro atoms. The fourth-order valence-corrected chi connectivity index (χ4v) is 5.10. The van der Waals surface area contributed by atoms with Gasteiger partial charge >= 0.3 is 0 Å². The van der Waals surface area contributed by atoms with E-state index in [1.54, 1.807) is 12.1 Å². The molecule has 0 fully saturated rings. The van der Waals surface area contributed by atoms with Crippen LogP contribution in [0.2, 0.25) is 0 Å². The van der Waals surface area contributed by atoms with Gasteiger partial charge in [0, 0.05) is 6.54 Å². The number of rotatable bonds is 3. The van der Waals surface area contributed by atoms with Gasteiger partial charge < -0.3 is 0 Å². The minimum absolute atomic E-state index is 0.00923. The summed E-state index contributed by atoms with van der Waals surface area (Å²) >= 11 is 0. The second-order valence-corrected chi connectivity index (χ2v) is 10.9. The topological polar surface area (TPSA) is 97.5 Å². The summed E-state index contributed by atoms with van der Waals surface area (Å²) < 4.78 is 50.3. The third kappa shape index (κ3) is 3.36.